The molecule has 1 aliphatic rings. The standard InChI is InChI=1S/C18H21NO2S/c1-18(2,3)21-17(20)19-10-7-13(8-11-19)15-6-4-5-14-9-12-22-16(14)15/h4-7,9,12H,8,10-11H2,1-3H3. The number of fused-ring (bicyclic) bond motifs is 1. The van der Waals surface area contributed by atoms with Gasteiger partial charge in [0.15, 0.2) is 0 Å². The number of thiophene rings is 1. The molecule has 1 aromatic carbocycles. The lowest BCUT2D eigenvalue weighted by Crippen LogP contribution is -2.39. The molecule has 0 N–H and O–H groups in total. The first kappa shape index (κ1) is 15.1. The fourth-order valence-corrected chi connectivity index (χ4v) is 3.60. The molecule has 1 aromatic heterocycles. The number of carbonyl (C=O) groups is 1. The van der Waals surface area contributed by atoms with Crippen molar-refractivity contribution >= 4 is 33.1 Å². The third-order valence-corrected chi connectivity index (χ3v) is 4.65. The zero-order chi connectivity index (χ0) is 15.7. The number of hydrogen-bond donors (Lipinski definition) is 0. The van der Waals surface area contributed by atoms with Gasteiger partial charge in [0.2, 0.25) is 0 Å². The number of rotatable bonds is 1. The minimum atomic E-state index is -0.441. The Morgan fingerprint density at radius 3 is 2.77 bits per heavy atom. The molecule has 1 amide bonds. The van der Waals surface area contributed by atoms with Gasteiger partial charge in [0.25, 0.3) is 0 Å². The van der Waals surface area contributed by atoms with Crippen LogP contribution in [-0.4, -0.2) is 29.7 Å². The van der Waals surface area contributed by atoms with Gasteiger partial charge in [0.1, 0.15) is 5.60 Å². The highest BCUT2D eigenvalue weighted by molar-refractivity contribution is 7.17. The van der Waals surface area contributed by atoms with Crippen LogP contribution in [0.25, 0.3) is 15.7 Å². The molecule has 0 saturated heterocycles. The topological polar surface area (TPSA) is 29.5 Å². The molecule has 2 heterocycles. The highest BCUT2D eigenvalue weighted by atomic mass is 32.1. The van der Waals surface area contributed by atoms with E-state index >= 15 is 0 Å². The van der Waals surface area contributed by atoms with Crippen LogP contribution in [0.1, 0.15) is 32.8 Å². The summed E-state index contributed by atoms with van der Waals surface area (Å²) in [6, 6.07) is 8.57. The molecule has 22 heavy (non-hydrogen) atoms. The second-order valence-corrected chi connectivity index (χ2v) is 7.47. The lowest BCUT2D eigenvalue weighted by Gasteiger charge is -2.29. The van der Waals surface area contributed by atoms with Crippen LogP contribution in [0.15, 0.2) is 35.7 Å². The summed E-state index contributed by atoms with van der Waals surface area (Å²) in [5, 5.41) is 3.42. The molecular weight excluding hydrogens is 294 g/mol. The summed E-state index contributed by atoms with van der Waals surface area (Å²) in [6.45, 7) is 7.02. The number of ether oxygens (including phenoxy) is 1. The summed E-state index contributed by atoms with van der Waals surface area (Å²) >= 11 is 1.78. The third kappa shape index (κ3) is 3.17. The minimum Gasteiger partial charge on any atom is -0.444 e. The molecule has 4 heteroatoms. The Balaban J connectivity index is 1.77. The van der Waals surface area contributed by atoms with Crippen molar-refractivity contribution < 1.29 is 9.53 Å². The lowest BCUT2D eigenvalue weighted by molar-refractivity contribution is 0.0270. The molecule has 2 aromatic rings. The zero-order valence-electron chi connectivity index (χ0n) is 13.3. The van der Waals surface area contributed by atoms with E-state index in [0.29, 0.717) is 13.1 Å². The van der Waals surface area contributed by atoms with E-state index in [2.05, 4.69) is 35.7 Å². The van der Waals surface area contributed by atoms with Crippen LogP contribution in [0.5, 0.6) is 0 Å². The van der Waals surface area contributed by atoms with Crippen molar-refractivity contribution in [2.45, 2.75) is 32.8 Å². The SMILES string of the molecule is CC(C)(C)OC(=O)N1CC=C(c2cccc3ccsc23)CC1. The largest absolute Gasteiger partial charge is 0.444 e. The summed E-state index contributed by atoms with van der Waals surface area (Å²) in [5.74, 6) is 0. The van der Waals surface area contributed by atoms with E-state index in [4.69, 9.17) is 4.74 Å². The van der Waals surface area contributed by atoms with Gasteiger partial charge < -0.3 is 9.64 Å². The molecule has 0 saturated carbocycles. The Morgan fingerprint density at radius 2 is 2.09 bits per heavy atom. The molecule has 0 spiro atoms. The van der Waals surface area contributed by atoms with Gasteiger partial charge in [-0.2, -0.15) is 0 Å². The number of benzene rings is 1. The number of nitrogens with zero attached hydrogens (tertiary/aromatic N) is 1. The average molecular weight is 315 g/mol. The van der Waals surface area contributed by atoms with E-state index in [9.17, 15) is 4.79 Å². The Bertz CT molecular complexity index is 724. The molecule has 0 unspecified atom stereocenters. The maximum atomic E-state index is 12.1. The quantitative estimate of drug-likeness (QED) is 0.747. The van der Waals surface area contributed by atoms with Crippen molar-refractivity contribution in [3.63, 3.8) is 0 Å². The van der Waals surface area contributed by atoms with E-state index in [1.807, 2.05) is 20.8 Å². The summed E-state index contributed by atoms with van der Waals surface area (Å²) in [7, 11) is 0. The fourth-order valence-electron chi connectivity index (χ4n) is 2.65. The first-order valence-corrected chi connectivity index (χ1v) is 8.45. The highest BCUT2D eigenvalue weighted by Gasteiger charge is 2.24. The van der Waals surface area contributed by atoms with Gasteiger partial charge in [-0.05, 0) is 55.2 Å². The molecule has 1 aliphatic heterocycles. The van der Waals surface area contributed by atoms with Crippen LogP contribution in [0.4, 0.5) is 4.79 Å². The summed E-state index contributed by atoms with van der Waals surface area (Å²) < 4.78 is 6.77. The Morgan fingerprint density at radius 1 is 1.27 bits per heavy atom. The van der Waals surface area contributed by atoms with E-state index in [0.717, 1.165) is 6.42 Å². The van der Waals surface area contributed by atoms with Crippen LogP contribution < -0.4 is 0 Å². The van der Waals surface area contributed by atoms with Crippen molar-refractivity contribution in [2.75, 3.05) is 13.1 Å². The van der Waals surface area contributed by atoms with Crippen LogP contribution in [0.2, 0.25) is 0 Å². The minimum absolute atomic E-state index is 0.225. The highest BCUT2D eigenvalue weighted by Crippen LogP contribution is 2.32. The number of carbonyl (C=O) groups excluding carboxylic acids is 1. The molecule has 0 aliphatic carbocycles. The van der Waals surface area contributed by atoms with E-state index in [1.165, 1.54) is 21.2 Å². The molecule has 3 nitrogen and oxygen atoms in total. The monoisotopic (exact) mass is 315 g/mol. The molecule has 0 fully saturated rings. The van der Waals surface area contributed by atoms with Crippen molar-refractivity contribution in [1.82, 2.24) is 4.90 Å². The molecule has 3 rings (SSSR count). The second kappa shape index (κ2) is 5.76. The van der Waals surface area contributed by atoms with Crippen LogP contribution in [0.3, 0.4) is 0 Å². The van der Waals surface area contributed by atoms with Crippen molar-refractivity contribution in [3.05, 3.63) is 41.3 Å². The first-order valence-electron chi connectivity index (χ1n) is 7.57. The maximum absolute atomic E-state index is 12.1. The van der Waals surface area contributed by atoms with Gasteiger partial charge in [-0.3, -0.25) is 0 Å². The van der Waals surface area contributed by atoms with Crippen molar-refractivity contribution in [3.8, 4) is 0 Å². The average Bonchev–Trinajstić information content (AvgIpc) is 2.94. The Hall–Kier alpha value is -1.81. The fraction of sp³-hybridized carbons (Fsp3) is 0.389. The predicted octanol–water partition coefficient (Wildman–Crippen LogP) is 4.93. The van der Waals surface area contributed by atoms with Crippen LogP contribution in [0, 0.1) is 0 Å². The maximum Gasteiger partial charge on any atom is 0.410 e. The van der Waals surface area contributed by atoms with Gasteiger partial charge in [-0.25, -0.2) is 4.79 Å². The normalized spacial score (nSPS) is 15.8. The van der Waals surface area contributed by atoms with E-state index in [1.54, 1.807) is 16.2 Å². The summed E-state index contributed by atoms with van der Waals surface area (Å²) in [4.78, 5) is 13.9. The smallest absolute Gasteiger partial charge is 0.410 e. The Kier molecular flexibility index (Phi) is 3.96. The molecule has 0 atom stereocenters. The van der Waals surface area contributed by atoms with Crippen molar-refractivity contribution in [2.24, 2.45) is 0 Å². The van der Waals surface area contributed by atoms with Gasteiger partial charge in [-0.1, -0.05) is 24.3 Å². The number of amides is 1. The van der Waals surface area contributed by atoms with E-state index in [-0.39, 0.29) is 6.09 Å². The predicted molar refractivity (Wildman–Crippen MR) is 92.2 cm³/mol. The first-order chi connectivity index (χ1) is 10.4. The van der Waals surface area contributed by atoms with Gasteiger partial charge in [-0.15, -0.1) is 11.3 Å². The molecule has 116 valence electrons. The van der Waals surface area contributed by atoms with Crippen LogP contribution >= 0.6 is 11.3 Å². The third-order valence-electron chi connectivity index (χ3n) is 3.69. The molecular formula is C18H21NO2S. The molecule has 0 bridgehead atoms. The summed E-state index contributed by atoms with van der Waals surface area (Å²) in [6.07, 6.45) is 2.80. The zero-order valence-corrected chi connectivity index (χ0v) is 14.1. The van der Waals surface area contributed by atoms with Crippen molar-refractivity contribution in [1.29, 1.82) is 0 Å². The second-order valence-electron chi connectivity index (χ2n) is 6.55. The van der Waals surface area contributed by atoms with E-state index < -0.39 is 5.60 Å². The van der Waals surface area contributed by atoms with Gasteiger partial charge in [0, 0.05) is 17.8 Å². The van der Waals surface area contributed by atoms with Gasteiger partial charge >= 0.3 is 6.09 Å². The Labute approximate surface area is 135 Å². The van der Waals surface area contributed by atoms with Crippen LogP contribution in [-0.2, 0) is 4.74 Å². The van der Waals surface area contributed by atoms with Gasteiger partial charge in [0.05, 0.1) is 0 Å². The lowest BCUT2D eigenvalue weighted by atomic mass is 9.98. The number of hydrogen-bond acceptors (Lipinski definition) is 3. The summed E-state index contributed by atoms with van der Waals surface area (Å²) in [5.41, 5.74) is 2.19. The molecule has 0 radical (unpaired) electrons.